The van der Waals surface area contributed by atoms with Gasteiger partial charge in [-0.2, -0.15) is 10.4 Å². The third-order valence-corrected chi connectivity index (χ3v) is 4.38. The highest BCUT2D eigenvalue weighted by molar-refractivity contribution is 6.02. The van der Waals surface area contributed by atoms with E-state index in [2.05, 4.69) is 10.4 Å². The first-order valence-electron chi connectivity index (χ1n) is 9.05. The molecular weight excluding hydrogens is 358 g/mol. The van der Waals surface area contributed by atoms with Gasteiger partial charge in [-0.15, -0.1) is 10.4 Å². The Labute approximate surface area is 164 Å². The number of nitrogens with one attached hydrogen (secondary N) is 1. The van der Waals surface area contributed by atoms with Gasteiger partial charge in [0.05, 0.1) is 21.9 Å². The zero-order valence-corrected chi connectivity index (χ0v) is 16.2. The first kappa shape index (κ1) is 21.3. The van der Waals surface area contributed by atoms with E-state index in [1.807, 2.05) is 44.2 Å². The van der Waals surface area contributed by atoms with Crippen LogP contribution in [-0.2, 0) is 0 Å². The molecule has 0 aliphatic carbocycles. The summed E-state index contributed by atoms with van der Waals surface area (Å²) in [6, 6.07) is 15.2. The molecular formula is C21H26N3O4+. The fourth-order valence-corrected chi connectivity index (χ4v) is 2.62. The molecule has 0 aliphatic heterocycles. The van der Waals surface area contributed by atoms with Crippen molar-refractivity contribution < 1.29 is 25.2 Å². The van der Waals surface area contributed by atoms with Crippen molar-refractivity contribution in [2.45, 2.75) is 27.2 Å². The van der Waals surface area contributed by atoms with Gasteiger partial charge in [-0.3, -0.25) is 0 Å². The summed E-state index contributed by atoms with van der Waals surface area (Å²) in [5.41, 5.74) is 4.61. The summed E-state index contributed by atoms with van der Waals surface area (Å²) < 4.78 is 0. The van der Waals surface area contributed by atoms with Crippen LogP contribution in [0.25, 0.3) is 0 Å². The number of carboxylic acids is 1. The number of hydroxylamine groups is 2. The van der Waals surface area contributed by atoms with E-state index >= 15 is 0 Å². The fourth-order valence-electron chi connectivity index (χ4n) is 2.62. The summed E-state index contributed by atoms with van der Waals surface area (Å²) in [4.78, 5) is 13.8. The third-order valence-electron chi connectivity index (χ3n) is 4.38. The molecule has 0 bridgehead atoms. The monoisotopic (exact) mass is 384 g/mol. The maximum Gasteiger partial charge on any atom is 0.335 e. The smallest absolute Gasteiger partial charge is 0.335 e. The maximum atomic E-state index is 11.0. The van der Waals surface area contributed by atoms with Crippen LogP contribution in [0.5, 0.6) is 0 Å². The first-order valence-corrected chi connectivity index (χ1v) is 9.05. The van der Waals surface area contributed by atoms with Gasteiger partial charge in [0, 0.05) is 6.08 Å². The van der Waals surface area contributed by atoms with Crippen LogP contribution in [0.2, 0.25) is 0 Å². The molecule has 7 heteroatoms. The van der Waals surface area contributed by atoms with Crippen molar-refractivity contribution in [1.29, 1.82) is 0 Å². The molecule has 28 heavy (non-hydrogen) atoms. The lowest BCUT2D eigenvalue weighted by Gasteiger charge is -2.22. The van der Waals surface area contributed by atoms with Crippen LogP contribution in [0, 0.1) is 5.92 Å². The number of hydrogen-bond acceptors (Lipinski definition) is 5. The molecule has 0 saturated carbocycles. The lowest BCUT2D eigenvalue weighted by molar-refractivity contribution is -1.20. The van der Waals surface area contributed by atoms with E-state index in [4.69, 9.17) is 5.11 Å². The Morgan fingerprint density at radius 2 is 1.71 bits per heavy atom. The number of carboxylic acid groups (broad SMARTS) is 1. The molecule has 0 saturated heterocycles. The van der Waals surface area contributed by atoms with Gasteiger partial charge in [0.1, 0.15) is 0 Å². The van der Waals surface area contributed by atoms with Crippen LogP contribution in [0.1, 0.15) is 43.1 Å². The molecule has 148 valence electrons. The summed E-state index contributed by atoms with van der Waals surface area (Å²) >= 11 is 0. The molecule has 1 atom stereocenters. The van der Waals surface area contributed by atoms with Crippen LogP contribution in [-0.4, -0.2) is 32.1 Å². The Morgan fingerprint density at radius 3 is 2.21 bits per heavy atom. The Balaban J connectivity index is 2.34. The van der Waals surface area contributed by atoms with Crippen LogP contribution in [0.3, 0.4) is 0 Å². The van der Waals surface area contributed by atoms with Crippen molar-refractivity contribution in [2.75, 3.05) is 5.43 Å². The van der Waals surface area contributed by atoms with Gasteiger partial charge in [-0.25, -0.2) is 4.79 Å². The summed E-state index contributed by atoms with van der Waals surface area (Å²) in [5, 5.41) is 30.1. The Bertz CT molecular complexity index is 859. The summed E-state index contributed by atoms with van der Waals surface area (Å²) in [5.74, 6) is -0.964. The molecule has 1 unspecified atom stereocenters. The molecule has 7 nitrogen and oxygen atoms in total. The second-order valence-corrected chi connectivity index (χ2v) is 6.41. The molecule has 0 aromatic heterocycles. The van der Waals surface area contributed by atoms with Gasteiger partial charge in [0.2, 0.25) is 0 Å². The standard InChI is InChI=1S/C21H25N3O4/c1-4-15(3)20(16-9-7-6-8-10-16)22-19(5-2)24(27,28)23-18-13-11-17(12-14-18)21(25)26/h5-15,23,27-28H,4H2,1-3H3/p+1/b19-5+,22-20+. The number of aromatic carboxylic acids is 1. The maximum absolute atomic E-state index is 11.0. The number of carbonyl (C=O) groups is 1. The second kappa shape index (κ2) is 9.27. The van der Waals surface area contributed by atoms with E-state index < -0.39 is 10.9 Å². The summed E-state index contributed by atoms with van der Waals surface area (Å²) in [7, 11) is 0. The average Bonchev–Trinajstić information content (AvgIpc) is 2.68. The van der Waals surface area contributed by atoms with Gasteiger partial charge < -0.3 is 5.11 Å². The predicted octanol–water partition coefficient (Wildman–Crippen LogP) is 4.70. The Hall–Kier alpha value is -3.00. The molecule has 2 aromatic carbocycles. The molecule has 0 heterocycles. The van der Waals surface area contributed by atoms with Crippen molar-refractivity contribution >= 4 is 17.4 Å². The molecule has 0 amide bonds. The lowest BCUT2D eigenvalue weighted by Crippen LogP contribution is -2.45. The topological polar surface area (TPSA) is 102 Å². The molecule has 0 spiro atoms. The minimum atomic E-state index is -1.67. The van der Waals surface area contributed by atoms with E-state index in [-0.39, 0.29) is 17.3 Å². The zero-order valence-electron chi connectivity index (χ0n) is 16.2. The normalized spacial score (nSPS) is 13.9. The van der Waals surface area contributed by atoms with E-state index in [1.165, 1.54) is 30.3 Å². The molecule has 0 fully saturated rings. The van der Waals surface area contributed by atoms with E-state index in [1.54, 1.807) is 6.92 Å². The van der Waals surface area contributed by atoms with Crippen molar-refractivity contribution in [1.82, 2.24) is 0 Å². The van der Waals surface area contributed by atoms with Crippen LogP contribution < -0.4 is 5.43 Å². The van der Waals surface area contributed by atoms with Crippen molar-refractivity contribution in [2.24, 2.45) is 10.9 Å². The number of hydrogen-bond donors (Lipinski definition) is 4. The van der Waals surface area contributed by atoms with Gasteiger partial charge in [-0.1, -0.05) is 44.2 Å². The highest BCUT2D eigenvalue weighted by atomic mass is 16.9. The average molecular weight is 384 g/mol. The number of aliphatic imine (C=N–C) groups is 1. The van der Waals surface area contributed by atoms with Crippen molar-refractivity contribution in [3.8, 4) is 0 Å². The van der Waals surface area contributed by atoms with Crippen LogP contribution in [0.4, 0.5) is 5.69 Å². The third kappa shape index (κ3) is 5.26. The van der Waals surface area contributed by atoms with Gasteiger partial charge in [-0.05, 0) is 49.1 Å². The highest BCUT2D eigenvalue weighted by Gasteiger charge is 2.31. The Kier molecular flexibility index (Phi) is 7.06. The van der Waals surface area contributed by atoms with Gasteiger partial charge in [0.15, 0.2) is 0 Å². The number of rotatable bonds is 8. The van der Waals surface area contributed by atoms with E-state index in [0.29, 0.717) is 5.69 Å². The van der Waals surface area contributed by atoms with Crippen molar-refractivity contribution in [3.05, 3.63) is 77.6 Å². The number of quaternary nitrogens is 1. The largest absolute Gasteiger partial charge is 0.478 e. The van der Waals surface area contributed by atoms with Crippen LogP contribution >= 0.6 is 0 Å². The molecule has 2 rings (SSSR count). The zero-order chi connectivity index (χ0) is 20.7. The predicted molar refractivity (Wildman–Crippen MR) is 107 cm³/mol. The number of allylic oxidation sites excluding steroid dienone is 1. The quantitative estimate of drug-likeness (QED) is 0.300. The number of benzene rings is 2. The van der Waals surface area contributed by atoms with Crippen LogP contribution in [0.15, 0.2) is 71.5 Å². The minimum Gasteiger partial charge on any atom is -0.478 e. The number of nitrogens with zero attached hydrogens (tertiary/aromatic N) is 2. The number of anilines is 1. The molecule has 0 radical (unpaired) electrons. The van der Waals surface area contributed by atoms with Crippen molar-refractivity contribution in [3.63, 3.8) is 0 Å². The second-order valence-electron chi connectivity index (χ2n) is 6.41. The molecule has 2 aromatic rings. The van der Waals surface area contributed by atoms with E-state index in [0.717, 1.165) is 17.7 Å². The minimum absolute atomic E-state index is 0.0125. The fraction of sp³-hybridized carbons (Fsp3) is 0.238. The van der Waals surface area contributed by atoms with Gasteiger partial charge >= 0.3 is 11.8 Å². The highest BCUT2D eigenvalue weighted by Crippen LogP contribution is 2.21. The van der Waals surface area contributed by atoms with Gasteiger partial charge in [0.25, 0.3) is 0 Å². The van der Waals surface area contributed by atoms with E-state index in [9.17, 15) is 15.2 Å². The molecule has 0 aliphatic rings. The lowest BCUT2D eigenvalue weighted by atomic mass is 9.96. The Morgan fingerprint density at radius 1 is 1.11 bits per heavy atom. The SMILES string of the molecule is C/C=C(\N=C(\c1ccccc1)C(C)CC)[N+](O)(O)Nc1ccc(C(=O)O)cc1. The first-order chi connectivity index (χ1) is 13.3. The summed E-state index contributed by atoms with van der Waals surface area (Å²) in [6.45, 7) is 5.73. The molecule has 4 N–H and O–H groups in total. The summed E-state index contributed by atoms with van der Waals surface area (Å²) in [6.07, 6.45) is 2.34.